The largest absolute Gasteiger partial charge is 0.376 e. The van der Waals surface area contributed by atoms with Crippen LogP contribution >= 0.6 is 0 Å². The van der Waals surface area contributed by atoms with E-state index in [1.807, 2.05) is 6.08 Å². The van der Waals surface area contributed by atoms with Gasteiger partial charge in [-0.1, -0.05) is 11.6 Å². The van der Waals surface area contributed by atoms with Gasteiger partial charge in [0.15, 0.2) is 0 Å². The van der Waals surface area contributed by atoms with Crippen molar-refractivity contribution in [2.45, 2.75) is 11.3 Å². The maximum atomic E-state index is 11.2. The Morgan fingerprint density at radius 2 is 2.19 bits per heavy atom. The van der Waals surface area contributed by atoms with Gasteiger partial charge in [-0.25, -0.2) is 13.6 Å². The second-order valence-corrected chi connectivity index (χ2v) is 6.21. The van der Waals surface area contributed by atoms with Gasteiger partial charge in [-0.05, 0) is 25.1 Å². The zero-order valence-corrected chi connectivity index (χ0v) is 12.0. The van der Waals surface area contributed by atoms with Crippen LogP contribution in [0.4, 0.5) is 11.4 Å². The minimum atomic E-state index is -3.96. The quantitative estimate of drug-likeness (QED) is 0.414. The Balaban J connectivity index is 2.22. The number of benzene rings is 1. The Kier molecular flexibility index (Phi) is 4.56. The molecule has 1 aromatic rings. The van der Waals surface area contributed by atoms with Crippen molar-refractivity contribution in [3.05, 3.63) is 40.0 Å². The highest BCUT2D eigenvalue weighted by molar-refractivity contribution is 7.89. The molecule has 0 saturated heterocycles. The number of nitrogens with zero attached hydrogens (tertiary/aromatic N) is 1. The van der Waals surface area contributed by atoms with Gasteiger partial charge in [-0.3, -0.25) is 10.1 Å². The Morgan fingerprint density at radius 1 is 1.43 bits per heavy atom. The lowest BCUT2D eigenvalue weighted by molar-refractivity contribution is -0.384. The molecule has 0 fully saturated rings. The number of nitro groups is 1. The molecule has 8 nitrogen and oxygen atoms in total. The van der Waals surface area contributed by atoms with Gasteiger partial charge in [0.05, 0.1) is 9.82 Å². The maximum Gasteiger partial charge on any atom is 0.293 e. The van der Waals surface area contributed by atoms with E-state index >= 15 is 0 Å². The lowest BCUT2D eigenvalue weighted by atomic mass is 10.1. The summed E-state index contributed by atoms with van der Waals surface area (Å²) < 4.78 is 22.5. The number of primary sulfonamides is 1. The highest BCUT2D eigenvalue weighted by atomic mass is 32.2. The maximum absolute atomic E-state index is 11.2. The first kappa shape index (κ1) is 15.4. The summed E-state index contributed by atoms with van der Waals surface area (Å²) in [4.78, 5) is 10.1. The molecule has 114 valence electrons. The van der Waals surface area contributed by atoms with Gasteiger partial charge >= 0.3 is 0 Å². The molecule has 0 unspecified atom stereocenters. The highest BCUT2D eigenvalue weighted by Gasteiger charge is 2.19. The molecule has 2 rings (SSSR count). The lowest BCUT2D eigenvalue weighted by Gasteiger charge is -2.15. The van der Waals surface area contributed by atoms with Crippen LogP contribution in [0.25, 0.3) is 0 Å². The molecule has 0 amide bonds. The molecule has 0 aliphatic carbocycles. The summed E-state index contributed by atoms with van der Waals surface area (Å²) >= 11 is 0. The topological polar surface area (TPSA) is 127 Å². The molecule has 0 saturated carbocycles. The highest BCUT2D eigenvalue weighted by Crippen LogP contribution is 2.27. The average molecular weight is 312 g/mol. The summed E-state index contributed by atoms with van der Waals surface area (Å²) in [6.07, 6.45) is 2.90. The third-order valence-electron chi connectivity index (χ3n) is 3.16. The molecular formula is C12H16N4O4S. The van der Waals surface area contributed by atoms with Crippen molar-refractivity contribution in [2.75, 3.05) is 25.0 Å². The zero-order valence-electron chi connectivity index (χ0n) is 11.2. The SMILES string of the molecule is NS(=O)(=O)c1ccc(NCC2=CCNCC2)c([N+](=O)[O-])c1. The van der Waals surface area contributed by atoms with Gasteiger partial charge in [0.2, 0.25) is 10.0 Å². The molecule has 0 bridgehead atoms. The number of anilines is 1. The van der Waals surface area contributed by atoms with E-state index in [1.54, 1.807) is 0 Å². The van der Waals surface area contributed by atoms with Gasteiger partial charge in [0, 0.05) is 19.2 Å². The second-order valence-electron chi connectivity index (χ2n) is 4.65. The molecule has 1 aliphatic heterocycles. The number of hydrogen-bond donors (Lipinski definition) is 3. The van der Waals surface area contributed by atoms with Crippen LogP contribution in [0.5, 0.6) is 0 Å². The van der Waals surface area contributed by atoms with Crippen molar-refractivity contribution in [2.24, 2.45) is 5.14 Å². The third kappa shape index (κ3) is 4.00. The third-order valence-corrected chi connectivity index (χ3v) is 4.07. The fourth-order valence-electron chi connectivity index (χ4n) is 2.03. The average Bonchev–Trinajstić information content (AvgIpc) is 2.45. The fraction of sp³-hybridized carbons (Fsp3) is 0.333. The van der Waals surface area contributed by atoms with Gasteiger partial charge in [0.1, 0.15) is 5.69 Å². The van der Waals surface area contributed by atoms with Crippen LogP contribution in [-0.2, 0) is 10.0 Å². The Bertz CT molecular complexity index is 684. The van der Waals surface area contributed by atoms with Crippen molar-refractivity contribution >= 4 is 21.4 Å². The first-order chi connectivity index (χ1) is 9.88. The summed E-state index contributed by atoms with van der Waals surface area (Å²) in [5.74, 6) is 0. The summed E-state index contributed by atoms with van der Waals surface area (Å²) in [6.45, 7) is 2.14. The first-order valence-electron chi connectivity index (χ1n) is 6.31. The van der Waals surface area contributed by atoms with E-state index in [0.29, 0.717) is 6.54 Å². The first-order valence-corrected chi connectivity index (χ1v) is 7.86. The number of nitrogens with two attached hydrogens (primary N) is 1. The normalized spacial score (nSPS) is 15.4. The molecule has 0 spiro atoms. The molecule has 0 radical (unpaired) electrons. The summed E-state index contributed by atoms with van der Waals surface area (Å²) in [7, 11) is -3.96. The van der Waals surface area contributed by atoms with Crippen molar-refractivity contribution in [3.8, 4) is 0 Å². The Labute approximate surface area is 122 Å². The van der Waals surface area contributed by atoms with E-state index in [4.69, 9.17) is 5.14 Å². The molecule has 4 N–H and O–H groups in total. The van der Waals surface area contributed by atoms with Gasteiger partial charge < -0.3 is 10.6 Å². The van der Waals surface area contributed by atoms with Crippen LogP contribution in [-0.4, -0.2) is 33.0 Å². The van der Waals surface area contributed by atoms with Crippen LogP contribution in [0.2, 0.25) is 0 Å². The van der Waals surface area contributed by atoms with E-state index in [0.717, 1.165) is 31.1 Å². The number of nitro benzene ring substituents is 1. The van der Waals surface area contributed by atoms with E-state index in [1.165, 1.54) is 12.1 Å². The van der Waals surface area contributed by atoms with Crippen molar-refractivity contribution < 1.29 is 13.3 Å². The monoisotopic (exact) mass is 312 g/mol. The van der Waals surface area contributed by atoms with E-state index in [9.17, 15) is 18.5 Å². The van der Waals surface area contributed by atoms with E-state index in [-0.39, 0.29) is 16.3 Å². The summed E-state index contributed by atoms with van der Waals surface area (Å²) in [5, 5.41) is 22.2. The Hall–Kier alpha value is -1.97. The van der Waals surface area contributed by atoms with Crippen molar-refractivity contribution in [1.82, 2.24) is 5.32 Å². The standard InChI is InChI=1S/C12H16N4O4S/c13-21(19,20)10-1-2-11(12(7-10)16(17)18)15-8-9-3-5-14-6-4-9/h1-3,7,14-15H,4-6,8H2,(H2,13,19,20). The minimum absolute atomic E-state index is 0.270. The van der Waals surface area contributed by atoms with E-state index in [2.05, 4.69) is 10.6 Å². The Morgan fingerprint density at radius 3 is 2.76 bits per heavy atom. The summed E-state index contributed by atoms with van der Waals surface area (Å²) in [5.41, 5.74) is 1.11. The molecule has 9 heteroatoms. The van der Waals surface area contributed by atoms with Crippen LogP contribution in [0, 0.1) is 10.1 Å². The number of sulfonamides is 1. The molecule has 0 atom stereocenters. The van der Waals surface area contributed by atoms with Crippen molar-refractivity contribution in [3.63, 3.8) is 0 Å². The fourth-order valence-corrected chi connectivity index (χ4v) is 2.56. The van der Waals surface area contributed by atoms with Crippen LogP contribution in [0.3, 0.4) is 0 Å². The molecule has 1 heterocycles. The predicted octanol–water partition coefficient (Wildman–Crippen LogP) is 0.574. The molecular weight excluding hydrogens is 296 g/mol. The van der Waals surface area contributed by atoms with E-state index < -0.39 is 14.9 Å². The lowest BCUT2D eigenvalue weighted by Crippen LogP contribution is -2.23. The van der Waals surface area contributed by atoms with Gasteiger partial charge in [-0.15, -0.1) is 0 Å². The number of nitrogens with one attached hydrogen (secondary N) is 2. The smallest absolute Gasteiger partial charge is 0.293 e. The van der Waals surface area contributed by atoms with Gasteiger partial charge in [0.25, 0.3) is 5.69 Å². The predicted molar refractivity (Wildman–Crippen MR) is 78.5 cm³/mol. The number of rotatable bonds is 5. The minimum Gasteiger partial charge on any atom is -0.376 e. The number of hydrogen-bond acceptors (Lipinski definition) is 6. The van der Waals surface area contributed by atoms with Crippen molar-refractivity contribution in [1.29, 1.82) is 0 Å². The molecule has 1 aliphatic rings. The molecule has 21 heavy (non-hydrogen) atoms. The van der Waals surface area contributed by atoms with Gasteiger partial charge in [-0.2, -0.15) is 0 Å². The van der Waals surface area contributed by atoms with Crippen LogP contribution < -0.4 is 15.8 Å². The zero-order chi connectivity index (χ0) is 15.5. The summed E-state index contributed by atoms with van der Waals surface area (Å²) in [6, 6.07) is 3.58. The van der Waals surface area contributed by atoms with Crippen LogP contribution in [0.1, 0.15) is 6.42 Å². The molecule has 0 aromatic heterocycles. The van der Waals surface area contributed by atoms with Crippen LogP contribution in [0.15, 0.2) is 34.7 Å². The second kappa shape index (κ2) is 6.20. The molecule has 1 aromatic carbocycles.